The second kappa shape index (κ2) is 6.76. The Morgan fingerprint density at radius 2 is 2.30 bits per heavy atom. The Kier molecular flexibility index (Phi) is 5.27. The van der Waals surface area contributed by atoms with E-state index in [2.05, 4.69) is 4.90 Å². The standard InChI is InChI=1S/C14H17Cl2NO3/c1-9(11-3-2-4-12(15)14(11)16)17-5-6-20-10(8-17)7-13(18)19/h2-4,9-10H,5-8H2,1H3,(H,18,19). The Bertz CT molecular complexity index is 495. The van der Waals surface area contributed by atoms with Gasteiger partial charge in [-0.3, -0.25) is 9.69 Å². The molecule has 20 heavy (non-hydrogen) atoms. The highest BCUT2D eigenvalue weighted by atomic mass is 35.5. The number of aliphatic carboxylic acids is 1. The molecule has 2 atom stereocenters. The van der Waals surface area contributed by atoms with Gasteiger partial charge in [0.2, 0.25) is 0 Å². The molecule has 1 fully saturated rings. The van der Waals surface area contributed by atoms with Crippen molar-refractivity contribution in [1.82, 2.24) is 4.90 Å². The van der Waals surface area contributed by atoms with Crippen molar-refractivity contribution in [3.05, 3.63) is 33.8 Å². The van der Waals surface area contributed by atoms with Crippen LogP contribution in [0.25, 0.3) is 0 Å². The van der Waals surface area contributed by atoms with E-state index in [4.69, 9.17) is 33.0 Å². The lowest BCUT2D eigenvalue weighted by Gasteiger charge is -2.36. The van der Waals surface area contributed by atoms with Crippen molar-refractivity contribution in [2.24, 2.45) is 0 Å². The van der Waals surface area contributed by atoms with E-state index in [-0.39, 0.29) is 18.6 Å². The van der Waals surface area contributed by atoms with Gasteiger partial charge in [-0.25, -0.2) is 0 Å². The number of ether oxygens (including phenoxy) is 1. The summed E-state index contributed by atoms with van der Waals surface area (Å²) in [5.74, 6) is -0.842. The predicted molar refractivity (Wildman–Crippen MR) is 78.4 cm³/mol. The average Bonchev–Trinajstić information content (AvgIpc) is 2.41. The topological polar surface area (TPSA) is 49.8 Å². The van der Waals surface area contributed by atoms with E-state index < -0.39 is 5.97 Å². The van der Waals surface area contributed by atoms with Crippen molar-refractivity contribution in [3.63, 3.8) is 0 Å². The summed E-state index contributed by atoms with van der Waals surface area (Å²) in [4.78, 5) is 13.0. The van der Waals surface area contributed by atoms with Crippen molar-refractivity contribution in [1.29, 1.82) is 0 Å². The van der Waals surface area contributed by atoms with Gasteiger partial charge in [-0.05, 0) is 18.6 Å². The van der Waals surface area contributed by atoms with E-state index in [0.29, 0.717) is 23.2 Å². The number of morpholine rings is 1. The van der Waals surface area contributed by atoms with Crippen LogP contribution in [0.15, 0.2) is 18.2 Å². The van der Waals surface area contributed by atoms with Gasteiger partial charge in [0, 0.05) is 19.1 Å². The van der Waals surface area contributed by atoms with Crippen LogP contribution in [0.3, 0.4) is 0 Å². The summed E-state index contributed by atoms with van der Waals surface area (Å²) in [5, 5.41) is 9.94. The maximum atomic E-state index is 10.8. The molecule has 1 aromatic carbocycles. The Balaban J connectivity index is 2.10. The van der Waals surface area contributed by atoms with Crippen molar-refractivity contribution in [3.8, 4) is 0 Å². The molecule has 4 nitrogen and oxygen atoms in total. The third-order valence-electron chi connectivity index (χ3n) is 3.55. The Morgan fingerprint density at radius 1 is 1.55 bits per heavy atom. The molecule has 0 aliphatic carbocycles. The average molecular weight is 318 g/mol. The molecule has 1 N–H and O–H groups in total. The highest BCUT2D eigenvalue weighted by Gasteiger charge is 2.27. The fraction of sp³-hybridized carbons (Fsp3) is 0.500. The van der Waals surface area contributed by atoms with Crippen molar-refractivity contribution >= 4 is 29.2 Å². The van der Waals surface area contributed by atoms with E-state index in [1.807, 2.05) is 19.1 Å². The molecule has 0 amide bonds. The van der Waals surface area contributed by atoms with Crippen molar-refractivity contribution in [2.45, 2.75) is 25.5 Å². The minimum Gasteiger partial charge on any atom is -0.481 e. The van der Waals surface area contributed by atoms with Gasteiger partial charge in [0.1, 0.15) is 0 Å². The minimum absolute atomic E-state index is 0.0203. The van der Waals surface area contributed by atoms with Gasteiger partial charge in [-0.15, -0.1) is 0 Å². The maximum absolute atomic E-state index is 10.8. The Labute approximate surface area is 128 Å². The number of nitrogens with zero attached hydrogens (tertiary/aromatic N) is 1. The molecule has 110 valence electrons. The number of carboxylic acids is 1. The highest BCUT2D eigenvalue weighted by molar-refractivity contribution is 6.42. The van der Waals surface area contributed by atoms with Crippen LogP contribution in [-0.4, -0.2) is 41.8 Å². The normalized spacial score (nSPS) is 21.6. The number of carbonyl (C=O) groups is 1. The highest BCUT2D eigenvalue weighted by Crippen LogP contribution is 2.33. The molecule has 1 aliphatic heterocycles. The van der Waals surface area contributed by atoms with Gasteiger partial charge in [0.25, 0.3) is 0 Å². The minimum atomic E-state index is -0.842. The molecule has 1 aliphatic rings. The molecular weight excluding hydrogens is 301 g/mol. The summed E-state index contributed by atoms with van der Waals surface area (Å²) in [6.07, 6.45) is -0.256. The van der Waals surface area contributed by atoms with Crippen molar-refractivity contribution < 1.29 is 14.6 Å². The first-order chi connectivity index (χ1) is 9.49. The zero-order chi connectivity index (χ0) is 14.7. The molecule has 0 radical (unpaired) electrons. The second-order valence-electron chi connectivity index (χ2n) is 4.90. The zero-order valence-corrected chi connectivity index (χ0v) is 12.7. The van der Waals surface area contributed by atoms with Gasteiger partial charge in [-0.2, -0.15) is 0 Å². The first kappa shape index (κ1) is 15.6. The molecule has 0 bridgehead atoms. The third-order valence-corrected chi connectivity index (χ3v) is 4.39. The summed E-state index contributed by atoms with van der Waals surface area (Å²) in [5.41, 5.74) is 0.954. The van der Waals surface area contributed by atoms with Gasteiger partial charge >= 0.3 is 5.97 Å². The van der Waals surface area contributed by atoms with E-state index in [1.165, 1.54) is 0 Å². The maximum Gasteiger partial charge on any atom is 0.306 e. The lowest BCUT2D eigenvalue weighted by atomic mass is 10.0. The smallest absolute Gasteiger partial charge is 0.306 e. The van der Waals surface area contributed by atoms with Crippen LogP contribution in [0, 0.1) is 0 Å². The van der Waals surface area contributed by atoms with Crippen LogP contribution in [-0.2, 0) is 9.53 Å². The molecule has 2 rings (SSSR count). The first-order valence-electron chi connectivity index (χ1n) is 6.50. The van der Waals surface area contributed by atoms with Crippen LogP contribution in [0.2, 0.25) is 10.0 Å². The fourth-order valence-electron chi connectivity index (χ4n) is 2.45. The predicted octanol–water partition coefficient (Wildman–Crippen LogP) is 3.23. The first-order valence-corrected chi connectivity index (χ1v) is 7.26. The van der Waals surface area contributed by atoms with Crippen LogP contribution in [0.5, 0.6) is 0 Å². The molecule has 1 saturated heterocycles. The van der Waals surface area contributed by atoms with Gasteiger partial charge < -0.3 is 9.84 Å². The second-order valence-corrected chi connectivity index (χ2v) is 5.69. The molecule has 0 saturated carbocycles. The third kappa shape index (κ3) is 3.64. The molecule has 0 spiro atoms. The van der Waals surface area contributed by atoms with Crippen LogP contribution in [0.1, 0.15) is 24.9 Å². The van der Waals surface area contributed by atoms with Gasteiger partial charge in [0.05, 0.1) is 29.2 Å². The number of carboxylic acid groups (broad SMARTS) is 1. The number of hydrogen-bond donors (Lipinski definition) is 1. The lowest BCUT2D eigenvalue weighted by Crippen LogP contribution is -2.44. The summed E-state index contributed by atoms with van der Waals surface area (Å²) in [7, 11) is 0. The number of hydrogen-bond acceptors (Lipinski definition) is 3. The van der Waals surface area contributed by atoms with E-state index >= 15 is 0 Å². The lowest BCUT2D eigenvalue weighted by molar-refractivity contribution is -0.142. The molecule has 6 heteroatoms. The monoisotopic (exact) mass is 317 g/mol. The fourth-order valence-corrected chi connectivity index (χ4v) is 2.92. The number of benzene rings is 1. The summed E-state index contributed by atoms with van der Waals surface area (Å²) >= 11 is 12.3. The molecular formula is C14H17Cl2NO3. The van der Waals surface area contributed by atoms with Crippen LogP contribution < -0.4 is 0 Å². The Hall–Kier alpha value is -0.810. The van der Waals surface area contributed by atoms with E-state index in [9.17, 15) is 4.79 Å². The van der Waals surface area contributed by atoms with Crippen LogP contribution >= 0.6 is 23.2 Å². The molecule has 1 heterocycles. The summed E-state index contributed by atoms with van der Waals surface area (Å²) < 4.78 is 5.48. The summed E-state index contributed by atoms with van der Waals surface area (Å²) in [6, 6.07) is 5.64. The van der Waals surface area contributed by atoms with E-state index in [1.54, 1.807) is 6.07 Å². The molecule has 1 aromatic rings. The number of rotatable bonds is 4. The summed E-state index contributed by atoms with van der Waals surface area (Å²) in [6.45, 7) is 3.90. The van der Waals surface area contributed by atoms with Gasteiger partial charge in [0.15, 0.2) is 0 Å². The quantitative estimate of drug-likeness (QED) is 0.926. The zero-order valence-electron chi connectivity index (χ0n) is 11.2. The Morgan fingerprint density at radius 3 is 3.00 bits per heavy atom. The van der Waals surface area contributed by atoms with Crippen molar-refractivity contribution in [2.75, 3.05) is 19.7 Å². The van der Waals surface area contributed by atoms with Crippen LogP contribution in [0.4, 0.5) is 0 Å². The number of halogens is 2. The molecule has 0 aromatic heterocycles. The SMILES string of the molecule is CC(c1cccc(Cl)c1Cl)N1CCOC(CC(=O)O)C1. The van der Waals surface area contributed by atoms with E-state index in [0.717, 1.165) is 12.1 Å². The largest absolute Gasteiger partial charge is 0.481 e. The molecule has 2 unspecified atom stereocenters. The van der Waals surface area contributed by atoms with Gasteiger partial charge in [-0.1, -0.05) is 35.3 Å².